The minimum Gasteiger partial charge on any atom is -0.497 e. The van der Waals surface area contributed by atoms with E-state index in [1.807, 2.05) is 24.3 Å². The maximum atomic E-state index is 11.6. The Labute approximate surface area is 122 Å². The lowest BCUT2D eigenvalue weighted by atomic mass is 10.1. The van der Waals surface area contributed by atoms with E-state index in [4.69, 9.17) is 10.5 Å². The van der Waals surface area contributed by atoms with Crippen molar-refractivity contribution in [1.29, 1.82) is 0 Å². The van der Waals surface area contributed by atoms with Crippen LogP contribution < -0.4 is 10.5 Å². The molecule has 0 saturated carbocycles. The summed E-state index contributed by atoms with van der Waals surface area (Å²) in [6.07, 6.45) is 0.504. The molecule has 0 fully saturated rings. The molecule has 1 aromatic heterocycles. The van der Waals surface area contributed by atoms with Gasteiger partial charge in [-0.15, -0.1) is 0 Å². The topological polar surface area (TPSA) is 87.3 Å². The first-order valence-corrected chi connectivity index (χ1v) is 6.39. The number of ether oxygens (including phenoxy) is 2. The number of anilines is 1. The van der Waals surface area contributed by atoms with Crippen LogP contribution in [0.5, 0.6) is 5.75 Å². The Hall–Kier alpha value is -2.63. The summed E-state index contributed by atoms with van der Waals surface area (Å²) in [5.41, 5.74) is 7.55. The molecule has 0 aliphatic carbocycles. The SMILES string of the molecule is COC(=O)c1c(C)nc(Cc2cccc(OC)c2)nc1N. The van der Waals surface area contributed by atoms with Crippen LogP contribution in [0.2, 0.25) is 0 Å². The largest absolute Gasteiger partial charge is 0.497 e. The highest BCUT2D eigenvalue weighted by Gasteiger charge is 2.17. The number of hydrogen-bond acceptors (Lipinski definition) is 6. The number of carbonyl (C=O) groups excluding carboxylic acids is 1. The Kier molecular flexibility index (Phi) is 4.37. The van der Waals surface area contributed by atoms with Crippen LogP contribution in [-0.4, -0.2) is 30.2 Å². The molecular formula is C15H17N3O3. The fourth-order valence-corrected chi connectivity index (χ4v) is 2.05. The molecule has 2 N–H and O–H groups in total. The van der Waals surface area contributed by atoms with E-state index in [2.05, 4.69) is 14.7 Å². The number of methoxy groups -OCH3 is 2. The van der Waals surface area contributed by atoms with Gasteiger partial charge in [0, 0.05) is 6.42 Å². The van der Waals surface area contributed by atoms with Crippen molar-refractivity contribution in [3.05, 3.63) is 46.9 Å². The van der Waals surface area contributed by atoms with Crippen LogP contribution in [0.1, 0.15) is 27.4 Å². The fraction of sp³-hybridized carbons (Fsp3) is 0.267. The zero-order valence-electron chi connectivity index (χ0n) is 12.2. The van der Waals surface area contributed by atoms with Crippen LogP contribution in [0, 0.1) is 6.92 Å². The van der Waals surface area contributed by atoms with Crippen molar-refractivity contribution in [2.24, 2.45) is 0 Å². The first-order chi connectivity index (χ1) is 10.0. The molecule has 21 heavy (non-hydrogen) atoms. The molecule has 2 aromatic rings. The van der Waals surface area contributed by atoms with Crippen molar-refractivity contribution in [3.8, 4) is 5.75 Å². The van der Waals surface area contributed by atoms with E-state index in [1.54, 1.807) is 14.0 Å². The summed E-state index contributed by atoms with van der Waals surface area (Å²) >= 11 is 0. The zero-order chi connectivity index (χ0) is 15.4. The molecule has 0 bridgehead atoms. The molecule has 110 valence electrons. The van der Waals surface area contributed by atoms with E-state index in [-0.39, 0.29) is 11.4 Å². The van der Waals surface area contributed by atoms with Gasteiger partial charge >= 0.3 is 5.97 Å². The third-order valence-electron chi connectivity index (χ3n) is 3.05. The highest BCUT2D eigenvalue weighted by Crippen LogP contribution is 2.18. The Morgan fingerprint density at radius 3 is 2.67 bits per heavy atom. The van der Waals surface area contributed by atoms with Crippen LogP contribution in [-0.2, 0) is 11.2 Å². The van der Waals surface area contributed by atoms with Gasteiger partial charge in [-0.3, -0.25) is 0 Å². The minimum absolute atomic E-state index is 0.132. The van der Waals surface area contributed by atoms with Crippen molar-refractivity contribution in [2.75, 3.05) is 20.0 Å². The van der Waals surface area contributed by atoms with Gasteiger partial charge in [0.15, 0.2) is 0 Å². The first-order valence-electron chi connectivity index (χ1n) is 6.39. The van der Waals surface area contributed by atoms with Crippen molar-refractivity contribution < 1.29 is 14.3 Å². The Morgan fingerprint density at radius 2 is 2.05 bits per heavy atom. The quantitative estimate of drug-likeness (QED) is 0.862. The Balaban J connectivity index is 2.31. The third kappa shape index (κ3) is 3.28. The molecule has 0 atom stereocenters. The van der Waals surface area contributed by atoms with Gasteiger partial charge in [-0.2, -0.15) is 0 Å². The molecule has 0 aliphatic heterocycles. The van der Waals surface area contributed by atoms with E-state index in [0.29, 0.717) is 17.9 Å². The predicted molar refractivity (Wildman–Crippen MR) is 78.3 cm³/mol. The third-order valence-corrected chi connectivity index (χ3v) is 3.05. The number of benzene rings is 1. The number of esters is 1. The maximum Gasteiger partial charge on any atom is 0.343 e. The molecule has 0 unspecified atom stereocenters. The molecular weight excluding hydrogens is 270 g/mol. The van der Waals surface area contributed by atoms with Gasteiger partial charge in [0.05, 0.1) is 19.9 Å². The van der Waals surface area contributed by atoms with E-state index in [1.165, 1.54) is 7.11 Å². The van der Waals surface area contributed by atoms with Crippen LogP contribution in [0.4, 0.5) is 5.82 Å². The lowest BCUT2D eigenvalue weighted by Crippen LogP contribution is -2.13. The van der Waals surface area contributed by atoms with Crippen LogP contribution in [0.3, 0.4) is 0 Å². The van der Waals surface area contributed by atoms with Gasteiger partial charge in [0.25, 0.3) is 0 Å². The minimum atomic E-state index is -0.530. The number of rotatable bonds is 4. The second-order valence-corrected chi connectivity index (χ2v) is 4.51. The monoisotopic (exact) mass is 287 g/mol. The molecule has 0 radical (unpaired) electrons. The van der Waals surface area contributed by atoms with E-state index in [9.17, 15) is 4.79 Å². The summed E-state index contributed by atoms with van der Waals surface area (Å²) in [4.78, 5) is 20.1. The zero-order valence-corrected chi connectivity index (χ0v) is 12.2. The van der Waals surface area contributed by atoms with Gasteiger partial charge in [0.2, 0.25) is 0 Å². The average molecular weight is 287 g/mol. The standard InChI is InChI=1S/C15H17N3O3/c1-9-13(15(19)21-3)14(16)18-12(17-9)8-10-5-4-6-11(7-10)20-2/h4-7H,8H2,1-3H3,(H2,16,17,18). The highest BCUT2D eigenvalue weighted by atomic mass is 16.5. The average Bonchev–Trinajstić information content (AvgIpc) is 2.46. The highest BCUT2D eigenvalue weighted by molar-refractivity contribution is 5.95. The molecule has 0 saturated heterocycles. The molecule has 6 nitrogen and oxygen atoms in total. The predicted octanol–water partition coefficient (Wildman–Crippen LogP) is 1.75. The van der Waals surface area contributed by atoms with E-state index >= 15 is 0 Å². The van der Waals surface area contributed by atoms with Crippen molar-refractivity contribution in [2.45, 2.75) is 13.3 Å². The lowest BCUT2D eigenvalue weighted by molar-refractivity contribution is 0.0600. The summed E-state index contributed by atoms with van der Waals surface area (Å²) in [6.45, 7) is 1.71. The van der Waals surface area contributed by atoms with Crippen molar-refractivity contribution in [3.63, 3.8) is 0 Å². The Morgan fingerprint density at radius 1 is 1.29 bits per heavy atom. The molecule has 0 amide bonds. The normalized spacial score (nSPS) is 10.2. The van der Waals surface area contributed by atoms with Crippen molar-refractivity contribution >= 4 is 11.8 Å². The number of nitrogens with two attached hydrogens (primary N) is 1. The summed E-state index contributed by atoms with van der Waals surface area (Å²) in [5, 5.41) is 0. The lowest BCUT2D eigenvalue weighted by Gasteiger charge is -2.09. The molecule has 0 aliphatic rings. The number of nitrogens with zero attached hydrogens (tertiary/aromatic N) is 2. The van der Waals surface area contributed by atoms with Crippen molar-refractivity contribution in [1.82, 2.24) is 9.97 Å². The number of aryl methyl sites for hydroxylation is 1. The van der Waals surface area contributed by atoms with Gasteiger partial charge in [-0.1, -0.05) is 12.1 Å². The van der Waals surface area contributed by atoms with Gasteiger partial charge in [-0.05, 0) is 24.6 Å². The summed E-state index contributed by atoms with van der Waals surface area (Å²) in [6, 6.07) is 7.62. The number of aromatic nitrogens is 2. The Bertz CT molecular complexity index is 648. The molecule has 0 spiro atoms. The first kappa shape index (κ1) is 14.8. The molecule has 6 heteroatoms. The molecule has 1 heterocycles. The second-order valence-electron chi connectivity index (χ2n) is 4.51. The summed E-state index contributed by atoms with van der Waals surface area (Å²) in [7, 11) is 2.91. The van der Waals surface area contributed by atoms with E-state index < -0.39 is 5.97 Å². The number of carbonyl (C=O) groups is 1. The van der Waals surface area contributed by atoms with Crippen LogP contribution >= 0.6 is 0 Å². The smallest absolute Gasteiger partial charge is 0.343 e. The van der Waals surface area contributed by atoms with Crippen LogP contribution in [0.25, 0.3) is 0 Å². The number of hydrogen-bond donors (Lipinski definition) is 1. The summed E-state index contributed by atoms with van der Waals surface area (Å²) < 4.78 is 9.85. The molecule has 2 rings (SSSR count). The maximum absolute atomic E-state index is 11.6. The molecule has 1 aromatic carbocycles. The van der Waals surface area contributed by atoms with E-state index in [0.717, 1.165) is 11.3 Å². The second kappa shape index (κ2) is 6.21. The fourth-order valence-electron chi connectivity index (χ4n) is 2.05. The number of nitrogen functional groups attached to an aromatic ring is 1. The van der Waals surface area contributed by atoms with Gasteiger partial charge in [-0.25, -0.2) is 14.8 Å². The van der Waals surface area contributed by atoms with Gasteiger partial charge in [0.1, 0.15) is 23.0 Å². The summed E-state index contributed by atoms with van der Waals surface area (Å²) in [5.74, 6) is 0.916. The van der Waals surface area contributed by atoms with Gasteiger partial charge < -0.3 is 15.2 Å². The van der Waals surface area contributed by atoms with Crippen LogP contribution in [0.15, 0.2) is 24.3 Å².